The highest BCUT2D eigenvalue weighted by molar-refractivity contribution is 9.10. The Morgan fingerprint density at radius 1 is 0.857 bits per heavy atom. The van der Waals surface area contributed by atoms with Crippen LogP contribution in [0.2, 0.25) is 0 Å². The van der Waals surface area contributed by atoms with Crippen molar-refractivity contribution in [2.75, 3.05) is 13.6 Å². The Hall–Kier alpha value is -3.53. The Kier molecular flexibility index (Phi) is 10.5. The molecule has 0 aliphatic carbocycles. The van der Waals surface area contributed by atoms with E-state index >= 15 is 0 Å². The molecule has 4 rings (SSSR count). The van der Waals surface area contributed by atoms with Crippen LogP contribution in [0.15, 0.2) is 106 Å². The predicted molar refractivity (Wildman–Crippen MR) is 170 cm³/mol. The van der Waals surface area contributed by atoms with Crippen LogP contribution in [0.5, 0.6) is 0 Å². The van der Waals surface area contributed by atoms with Crippen molar-refractivity contribution in [2.45, 2.75) is 50.2 Å². The number of hydrogen-bond donors (Lipinski definition) is 1. The molecule has 2 atom stereocenters. The average molecular weight is 651 g/mol. The maximum Gasteiger partial charge on any atom is 0.243 e. The van der Waals surface area contributed by atoms with Gasteiger partial charge in [0.1, 0.15) is 6.04 Å². The number of likely N-dealkylation sites (N-methyl/N-ethyl adjacent to an activating group) is 1. The second-order valence-electron chi connectivity index (χ2n) is 10.4. The molecule has 0 heterocycles. The maximum absolute atomic E-state index is 14.0. The lowest BCUT2D eigenvalue weighted by atomic mass is 10.0. The summed E-state index contributed by atoms with van der Waals surface area (Å²) < 4.78 is 29.1. The summed E-state index contributed by atoms with van der Waals surface area (Å²) in [7, 11) is -2.59. The van der Waals surface area contributed by atoms with Crippen molar-refractivity contribution < 1.29 is 18.0 Å². The van der Waals surface area contributed by atoms with Gasteiger partial charge < -0.3 is 10.2 Å². The number of benzene rings is 4. The quantitative estimate of drug-likeness (QED) is 0.211. The topological polar surface area (TPSA) is 86.8 Å². The Morgan fingerprint density at radius 3 is 2.17 bits per heavy atom. The van der Waals surface area contributed by atoms with Gasteiger partial charge in [-0.1, -0.05) is 95.7 Å². The van der Waals surface area contributed by atoms with Gasteiger partial charge in [-0.05, 0) is 59.5 Å². The minimum atomic E-state index is -3.99. The summed E-state index contributed by atoms with van der Waals surface area (Å²) in [5, 5.41) is 4.75. The molecule has 0 bridgehead atoms. The fraction of sp³-hybridized carbons (Fsp3) is 0.273. The van der Waals surface area contributed by atoms with Crippen molar-refractivity contribution in [1.82, 2.24) is 14.5 Å². The van der Waals surface area contributed by atoms with Gasteiger partial charge in [-0.3, -0.25) is 9.59 Å². The summed E-state index contributed by atoms with van der Waals surface area (Å²) >= 11 is 3.45. The van der Waals surface area contributed by atoms with Crippen molar-refractivity contribution in [3.05, 3.63) is 113 Å². The van der Waals surface area contributed by atoms with Crippen molar-refractivity contribution in [2.24, 2.45) is 0 Å². The van der Waals surface area contributed by atoms with E-state index in [1.54, 1.807) is 18.2 Å². The third-order valence-corrected chi connectivity index (χ3v) is 9.65. The van der Waals surface area contributed by atoms with Gasteiger partial charge in [0.05, 0.1) is 11.4 Å². The van der Waals surface area contributed by atoms with Gasteiger partial charge in [0.25, 0.3) is 0 Å². The summed E-state index contributed by atoms with van der Waals surface area (Å²) in [6.07, 6.45) is 1.02. The molecule has 4 aromatic rings. The lowest BCUT2D eigenvalue weighted by Crippen LogP contribution is -2.54. The third-order valence-electron chi connectivity index (χ3n) is 7.33. The van der Waals surface area contributed by atoms with Crippen LogP contribution < -0.4 is 5.32 Å². The molecule has 0 aliphatic rings. The molecule has 0 aliphatic heterocycles. The van der Waals surface area contributed by atoms with Gasteiger partial charge in [-0.2, -0.15) is 4.31 Å². The molecule has 1 N–H and O–H groups in total. The van der Waals surface area contributed by atoms with Crippen LogP contribution in [-0.2, 0) is 32.6 Å². The number of halogens is 1. The molecular formula is C33H36BrN3O4S. The fourth-order valence-corrected chi connectivity index (χ4v) is 6.08. The van der Waals surface area contributed by atoms with E-state index in [9.17, 15) is 18.0 Å². The van der Waals surface area contributed by atoms with E-state index in [-0.39, 0.29) is 29.8 Å². The highest BCUT2D eigenvalue weighted by Crippen LogP contribution is 2.23. The van der Waals surface area contributed by atoms with E-state index in [0.29, 0.717) is 0 Å². The number of fused-ring (bicyclic) bond motifs is 1. The number of nitrogens with one attached hydrogen (secondary N) is 1. The van der Waals surface area contributed by atoms with E-state index in [1.165, 1.54) is 11.9 Å². The molecule has 0 aromatic heterocycles. The molecule has 0 saturated heterocycles. The predicted octanol–water partition coefficient (Wildman–Crippen LogP) is 5.78. The number of nitrogens with zero attached hydrogens (tertiary/aromatic N) is 2. The molecule has 2 amide bonds. The first-order chi connectivity index (χ1) is 20.1. The molecule has 4 aromatic carbocycles. The molecular weight excluding hydrogens is 614 g/mol. The number of sulfonamides is 1. The minimum absolute atomic E-state index is 0.0867. The Morgan fingerprint density at radius 2 is 1.50 bits per heavy atom. The Balaban J connectivity index is 1.67. The van der Waals surface area contributed by atoms with Crippen LogP contribution in [0.3, 0.4) is 0 Å². The standard InChI is InChI=1S/C33H36BrN3O4S/c1-4-24(2)35-33(39)31(20-25-10-6-5-7-11-25)37(22-26-14-17-29(34)18-15-26)32(38)23-36(3)42(40,41)30-19-16-27-12-8-9-13-28(27)21-30/h5-19,21,24,31H,4,20,22-23H2,1-3H3,(H,35,39)/t24-,31-/m1/s1. The zero-order valence-corrected chi connectivity index (χ0v) is 26.4. The summed E-state index contributed by atoms with van der Waals surface area (Å²) in [6.45, 7) is 3.62. The SMILES string of the molecule is CC[C@@H](C)NC(=O)[C@@H](Cc1ccccc1)N(Cc1ccc(Br)cc1)C(=O)CN(C)S(=O)(=O)c1ccc2ccccc2c1. The molecule has 0 spiro atoms. The van der Waals surface area contributed by atoms with Crippen molar-refractivity contribution in [3.63, 3.8) is 0 Å². The summed E-state index contributed by atoms with van der Waals surface area (Å²) in [4.78, 5) is 29.3. The number of amides is 2. The van der Waals surface area contributed by atoms with Gasteiger partial charge in [0.2, 0.25) is 21.8 Å². The number of hydrogen-bond acceptors (Lipinski definition) is 4. The van der Waals surface area contributed by atoms with E-state index in [1.807, 2.05) is 92.7 Å². The van der Waals surface area contributed by atoms with Gasteiger partial charge in [0, 0.05) is 30.5 Å². The fourth-order valence-electron chi connectivity index (χ4n) is 4.66. The van der Waals surface area contributed by atoms with E-state index in [0.717, 1.165) is 37.1 Å². The van der Waals surface area contributed by atoms with Crippen LogP contribution in [0, 0.1) is 0 Å². The van der Waals surface area contributed by atoms with E-state index < -0.39 is 28.5 Å². The highest BCUT2D eigenvalue weighted by atomic mass is 79.9. The average Bonchev–Trinajstić information content (AvgIpc) is 2.99. The highest BCUT2D eigenvalue weighted by Gasteiger charge is 2.33. The van der Waals surface area contributed by atoms with Gasteiger partial charge in [-0.25, -0.2) is 8.42 Å². The minimum Gasteiger partial charge on any atom is -0.352 e. The summed E-state index contributed by atoms with van der Waals surface area (Å²) in [6, 6.07) is 28.5. The normalized spacial score (nSPS) is 13.1. The largest absolute Gasteiger partial charge is 0.352 e. The number of carbonyl (C=O) groups is 2. The van der Waals surface area contributed by atoms with Gasteiger partial charge in [-0.15, -0.1) is 0 Å². The van der Waals surface area contributed by atoms with E-state index in [2.05, 4.69) is 21.2 Å². The molecule has 0 fully saturated rings. The smallest absolute Gasteiger partial charge is 0.243 e. The molecule has 220 valence electrons. The molecule has 9 heteroatoms. The van der Waals surface area contributed by atoms with Gasteiger partial charge in [0.15, 0.2) is 0 Å². The lowest BCUT2D eigenvalue weighted by Gasteiger charge is -2.33. The lowest BCUT2D eigenvalue weighted by molar-refractivity contribution is -0.141. The first-order valence-electron chi connectivity index (χ1n) is 13.9. The van der Waals surface area contributed by atoms with Crippen LogP contribution in [-0.4, -0.2) is 55.1 Å². The summed E-state index contributed by atoms with van der Waals surface area (Å²) in [5.74, 6) is -0.747. The molecule has 7 nitrogen and oxygen atoms in total. The monoisotopic (exact) mass is 649 g/mol. The first kappa shape index (κ1) is 31.4. The van der Waals surface area contributed by atoms with Crippen LogP contribution in [0.1, 0.15) is 31.4 Å². The van der Waals surface area contributed by atoms with Gasteiger partial charge >= 0.3 is 0 Å². The summed E-state index contributed by atoms with van der Waals surface area (Å²) in [5.41, 5.74) is 1.72. The third kappa shape index (κ3) is 7.85. The zero-order valence-electron chi connectivity index (χ0n) is 24.0. The molecule has 0 unspecified atom stereocenters. The van der Waals surface area contributed by atoms with E-state index in [4.69, 9.17) is 0 Å². The second-order valence-corrected chi connectivity index (χ2v) is 13.4. The van der Waals surface area contributed by atoms with Crippen molar-refractivity contribution >= 4 is 48.5 Å². The van der Waals surface area contributed by atoms with Crippen molar-refractivity contribution in [3.8, 4) is 0 Å². The van der Waals surface area contributed by atoms with Crippen LogP contribution >= 0.6 is 15.9 Å². The second kappa shape index (κ2) is 14.1. The molecule has 0 saturated carbocycles. The molecule has 42 heavy (non-hydrogen) atoms. The Bertz CT molecular complexity index is 1630. The van der Waals surface area contributed by atoms with Crippen molar-refractivity contribution in [1.29, 1.82) is 0 Å². The zero-order chi connectivity index (χ0) is 30.3. The Labute approximate surface area is 256 Å². The number of rotatable bonds is 12. The maximum atomic E-state index is 14.0. The molecule has 0 radical (unpaired) electrons. The van der Waals surface area contributed by atoms with Crippen LogP contribution in [0.25, 0.3) is 10.8 Å². The first-order valence-corrected chi connectivity index (χ1v) is 16.1. The number of carbonyl (C=O) groups excluding carboxylic acids is 2. The van der Waals surface area contributed by atoms with Crippen LogP contribution in [0.4, 0.5) is 0 Å².